The second kappa shape index (κ2) is 8.83. The molecule has 6 nitrogen and oxygen atoms in total. The number of hydrogen-bond acceptors (Lipinski definition) is 4. The highest BCUT2D eigenvalue weighted by molar-refractivity contribution is 6.31. The van der Waals surface area contributed by atoms with Crippen molar-refractivity contribution in [2.75, 3.05) is 0 Å². The molecule has 0 spiro atoms. The molecular weight excluding hydrogens is 480 g/mol. The van der Waals surface area contributed by atoms with Gasteiger partial charge in [-0.3, -0.25) is 24.5 Å². The Bertz CT molecular complexity index is 1210. The number of halogens is 5. The number of carbonyl (C=O) groups excluding carboxylic acids is 4. The van der Waals surface area contributed by atoms with Crippen molar-refractivity contribution < 1.29 is 36.7 Å². The van der Waals surface area contributed by atoms with Gasteiger partial charge in [0.2, 0.25) is 11.8 Å². The molecule has 0 saturated carbocycles. The first-order chi connectivity index (χ1) is 16.0. The molecule has 1 unspecified atom stereocenters. The van der Waals surface area contributed by atoms with Gasteiger partial charge in [0.15, 0.2) is 5.78 Å². The molecule has 2 aromatic rings. The molecule has 2 atom stereocenters. The molecule has 1 saturated heterocycles. The Hall–Kier alpha value is -3.27. The van der Waals surface area contributed by atoms with Crippen LogP contribution in [0.5, 0.6) is 0 Å². The maximum absolute atomic E-state index is 13.7. The Labute approximate surface area is 195 Å². The van der Waals surface area contributed by atoms with Crippen LogP contribution in [0.2, 0.25) is 5.02 Å². The molecule has 1 fully saturated rings. The number of imide groups is 1. The monoisotopic (exact) mass is 496 g/mol. The second-order valence-electron chi connectivity index (χ2n) is 8.16. The van der Waals surface area contributed by atoms with Gasteiger partial charge in [-0.05, 0) is 47.9 Å². The van der Waals surface area contributed by atoms with Gasteiger partial charge in [0.1, 0.15) is 11.9 Å². The van der Waals surface area contributed by atoms with E-state index in [2.05, 4.69) is 5.32 Å². The Morgan fingerprint density at radius 2 is 1.88 bits per heavy atom. The second-order valence-corrected chi connectivity index (χ2v) is 8.57. The normalized spacial score (nSPS) is 19.1. The van der Waals surface area contributed by atoms with Crippen molar-refractivity contribution >= 4 is 35.1 Å². The molecule has 3 amide bonds. The average Bonchev–Trinajstić information content (AvgIpc) is 3.08. The highest BCUT2D eigenvalue weighted by Gasteiger charge is 2.44. The SMILES string of the molecule is O=C1CCC(N2Cc3cc(C(=O)C[C@H](c4cc(F)ccc4Cl)C(F)(F)F)ccc3C2=O)C(=O)N1. The Balaban J connectivity index is 1.57. The number of fused-ring (bicyclic) bond motifs is 1. The van der Waals surface area contributed by atoms with Gasteiger partial charge in [0, 0.05) is 35.5 Å². The number of alkyl halides is 3. The third-order valence-corrected chi connectivity index (χ3v) is 6.31. The first-order valence-electron chi connectivity index (χ1n) is 10.3. The zero-order valence-corrected chi connectivity index (χ0v) is 18.2. The minimum absolute atomic E-state index is 0.0278. The predicted molar refractivity (Wildman–Crippen MR) is 112 cm³/mol. The minimum atomic E-state index is -4.86. The topological polar surface area (TPSA) is 83.6 Å². The van der Waals surface area contributed by atoms with Gasteiger partial charge in [-0.2, -0.15) is 13.2 Å². The fourth-order valence-electron chi connectivity index (χ4n) is 4.23. The number of rotatable bonds is 5. The Morgan fingerprint density at radius 3 is 2.56 bits per heavy atom. The minimum Gasteiger partial charge on any atom is -0.322 e. The highest BCUT2D eigenvalue weighted by atomic mass is 35.5. The van der Waals surface area contributed by atoms with Gasteiger partial charge in [-0.15, -0.1) is 0 Å². The van der Waals surface area contributed by atoms with E-state index < -0.39 is 59.4 Å². The quantitative estimate of drug-likeness (QED) is 0.383. The lowest BCUT2D eigenvalue weighted by Crippen LogP contribution is -2.52. The summed E-state index contributed by atoms with van der Waals surface area (Å²) < 4.78 is 54.8. The van der Waals surface area contributed by atoms with Gasteiger partial charge in [0.25, 0.3) is 5.91 Å². The van der Waals surface area contributed by atoms with E-state index in [1.807, 2.05) is 0 Å². The highest BCUT2D eigenvalue weighted by Crippen LogP contribution is 2.41. The lowest BCUT2D eigenvalue weighted by molar-refractivity contribution is -0.149. The van der Waals surface area contributed by atoms with E-state index in [1.165, 1.54) is 23.1 Å². The smallest absolute Gasteiger partial charge is 0.322 e. The fourth-order valence-corrected chi connectivity index (χ4v) is 4.48. The van der Waals surface area contributed by atoms with Gasteiger partial charge < -0.3 is 4.90 Å². The number of carbonyl (C=O) groups is 4. The van der Waals surface area contributed by atoms with Crippen molar-refractivity contribution in [2.24, 2.45) is 0 Å². The molecule has 2 aliphatic rings. The number of hydrogen-bond donors (Lipinski definition) is 1. The van der Waals surface area contributed by atoms with Crippen LogP contribution in [-0.4, -0.2) is 40.6 Å². The van der Waals surface area contributed by atoms with Crippen molar-refractivity contribution in [3.05, 3.63) is 69.5 Å². The molecule has 4 rings (SSSR count). The lowest BCUT2D eigenvalue weighted by atomic mass is 9.90. The zero-order chi connectivity index (χ0) is 24.8. The largest absolute Gasteiger partial charge is 0.396 e. The molecule has 0 bridgehead atoms. The van der Waals surface area contributed by atoms with Crippen LogP contribution in [-0.2, 0) is 16.1 Å². The molecule has 2 heterocycles. The fraction of sp³-hybridized carbons (Fsp3) is 0.304. The van der Waals surface area contributed by atoms with Crippen LogP contribution in [0.3, 0.4) is 0 Å². The summed E-state index contributed by atoms with van der Waals surface area (Å²) >= 11 is 5.86. The number of Topliss-reactive ketones (excluding diaryl/α,β-unsaturated/α-hetero) is 1. The first-order valence-corrected chi connectivity index (χ1v) is 10.7. The summed E-state index contributed by atoms with van der Waals surface area (Å²) in [6, 6.07) is 5.62. The molecule has 178 valence electrons. The lowest BCUT2D eigenvalue weighted by Gasteiger charge is -2.29. The van der Waals surface area contributed by atoms with Gasteiger partial charge in [-0.1, -0.05) is 17.7 Å². The molecule has 1 N–H and O–H groups in total. The third-order valence-electron chi connectivity index (χ3n) is 5.96. The third kappa shape index (κ3) is 4.54. The molecule has 0 aliphatic carbocycles. The van der Waals surface area contributed by atoms with Gasteiger partial charge in [-0.25, -0.2) is 4.39 Å². The first kappa shape index (κ1) is 23.9. The molecule has 2 aromatic carbocycles. The van der Waals surface area contributed by atoms with E-state index in [9.17, 15) is 36.7 Å². The van der Waals surface area contributed by atoms with Crippen LogP contribution >= 0.6 is 11.6 Å². The van der Waals surface area contributed by atoms with Crippen molar-refractivity contribution in [3.8, 4) is 0 Å². The van der Waals surface area contributed by atoms with Gasteiger partial charge >= 0.3 is 6.18 Å². The maximum Gasteiger partial charge on any atom is 0.396 e. The van der Waals surface area contributed by atoms with Crippen LogP contribution in [0.1, 0.15) is 57.0 Å². The summed E-state index contributed by atoms with van der Waals surface area (Å²) in [5.41, 5.74) is 0.0102. The maximum atomic E-state index is 13.7. The van der Waals surface area contributed by atoms with E-state index in [0.717, 1.165) is 12.1 Å². The Kier molecular flexibility index (Phi) is 6.20. The number of nitrogens with zero attached hydrogens (tertiary/aromatic N) is 1. The van der Waals surface area contributed by atoms with Gasteiger partial charge in [0.05, 0.1) is 5.92 Å². The van der Waals surface area contributed by atoms with Crippen LogP contribution in [0.15, 0.2) is 36.4 Å². The standard InChI is InChI=1S/C23H17ClF4N2O4/c24-17-4-2-13(25)8-15(17)16(23(26,27)28)9-19(31)11-1-3-14-12(7-11)10-30(22(14)34)18-5-6-20(32)29-21(18)33/h1-4,7-8,16,18H,5-6,9-10H2,(H,29,32,33)/t16-,18?/m1/s1. The molecule has 0 aromatic heterocycles. The summed E-state index contributed by atoms with van der Waals surface area (Å²) in [6.45, 7) is -0.0278. The van der Waals surface area contributed by atoms with Crippen molar-refractivity contribution in [1.29, 1.82) is 0 Å². The van der Waals surface area contributed by atoms with E-state index >= 15 is 0 Å². The van der Waals surface area contributed by atoms with Crippen molar-refractivity contribution in [3.63, 3.8) is 0 Å². The summed E-state index contributed by atoms with van der Waals surface area (Å²) in [7, 11) is 0. The summed E-state index contributed by atoms with van der Waals surface area (Å²) in [5.74, 6) is -5.60. The molecule has 0 radical (unpaired) electrons. The average molecular weight is 497 g/mol. The van der Waals surface area contributed by atoms with E-state index in [4.69, 9.17) is 11.6 Å². The predicted octanol–water partition coefficient (Wildman–Crippen LogP) is 4.16. The summed E-state index contributed by atoms with van der Waals surface area (Å²) in [5, 5.41) is 1.86. The molecule has 11 heteroatoms. The van der Waals surface area contributed by atoms with E-state index in [1.54, 1.807) is 0 Å². The number of amides is 3. The molecular formula is C23H17ClF4N2O4. The van der Waals surface area contributed by atoms with Crippen molar-refractivity contribution in [2.45, 2.75) is 43.9 Å². The zero-order valence-electron chi connectivity index (χ0n) is 17.4. The number of ketones is 1. The number of benzene rings is 2. The van der Waals surface area contributed by atoms with Crippen molar-refractivity contribution in [1.82, 2.24) is 10.2 Å². The molecule has 2 aliphatic heterocycles. The Morgan fingerprint density at radius 1 is 1.15 bits per heavy atom. The van der Waals surface area contributed by atoms with Crippen LogP contribution in [0.4, 0.5) is 17.6 Å². The number of nitrogens with one attached hydrogen (secondary N) is 1. The van der Waals surface area contributed by atoms with Crippen LogP contribution < -0.4 is 5.32 Å². The summed E-state index contributed by atoms with van der Waals surface area (Å²) in [4.78, 5) is 50.3. The van der Waals surface area contributed by atoms with Crippen LogP contribution in [0, 0.1) is 5.82 Å². The summed E-state index contributed by atoms with van der Waals surface area (Å²) in [6.07, 6.45) is -5.64. The van der Waals surface area contributed by atoms with E-state index in [-0.39, 0.29) is 35.5 Å². The van der Waals surface area contributed by atoms with E-state index in [0.29, 0.717) is 11.6 Å². The molecule has 34 heavy (non-hydrogen) atoms. The van der Waals surface area contributed by atoms with Crippen LogP contribution in [0.25, 0.3) is 0 Å². The number of piperidine rings is 1.